The van der Waals surface area contributed by atoms with Crippen molar-refractivity contribution in [2.24, 2.45) is 52.3 Å². The van der Waals surface area contributed by atoms with Crippen LogP contribution in [0.5, 0.6) is 0 Å². The van der Waals surface area contributed by atoms with Crippen LogP contribution in [0.1, 0.15) is 39.0 Å². The summed E-state index contributed by atoms with van der Waals surface area (Å²) in [5.41, 5.74) is -0.538. The summed E-state index contributed by atoms with van der Waals surface area (Å²) in [5, 5.41) is 3.17. The largest absolute Gasteiger partial charge is 0.462 e. The van der Waals surface area contributed by atoms with Gasteiger partial charge in [-0.25, -0.2) is 9.59 Å². The molecule has 2 heterocycles. The molecule has 2 bridgehead atoms. The Bertz CT molecular complexity index is 1200. The molecule has 2 spiro atoms. The summed E-state index contributed by atoms with van der Waals surface area (Å²) in [6.45, 7) is 4.74. The molecule has 2 saturated heterocycles. The van der Waals surface area contributed by atoms with Gasteiger partial charge in [0, 0.05) is 47.1 Å². The molecule has 2 aliphatic heterocycles. The minimum atomic E-state index is -1.12. The number of hydrogen-bond acceptors (Lipinski definition) is 9. The number of ether oxygens (including phenoxy) is 4. The number of nitrogens with one attached hydrogen (secondary N) is 1. The van der Waals surface area contributed by atoms with Crippen molar-refractivity contribution in [3.05, 3.63) is 12.7 Å². The highest BCUT2D eigenvalue weighted by molar-refractivity contribution is 5.89. The second-order valence-corrected chi connectivity index (χ2v) is 12.6. The summed E-state index contributed by atoms with van der Waals surface area (Å²) >= 11 is 0. The van der Waals surface area contributed by atoms with Crippen LogP contribution in [0.2, 0.25) is 0 Å². The fourth-order valence-corrected chi connectivity index (χ4v) is 10.4. The maximum atomic E-state index is 13.6. The van der Waals surface area contributed by atoms with E-state index in [0.717, 1.165) is 25.3 Å². The van der Waals surface area contributed by atoms with Gasteiger partial charge < -0.3 is 24.3 Å². The quantitative estimate of drug-likeness (QED) is 0.310. The average molecular weight is 512 g/mol. The van der Waals surface area contributed by atoms with Crippen LogP contribution in [0.25, 0.3) is 0 Å². The van der Waals surface area contributed by atoms with E-state index in [0.29, 0.717) is 18.8 Å². The number of fused-ring (bicyclic) bond motifs is 1. The van der Waals surface area contributed by atoms with E-state index < -0.39 is 53.5 Å². The number of rotatable bonds is 6. The molecular formula is C27H29NO9. The molecule has 0 radical (unpaired) electrons. The van der Waals surface area contributed by atoms with E-state index in [1.807, 2.05) is 0 Å². The third-order valence-electron chi connectivity index (χ3n) is 11.5. The lowest BCUT2D eigenvalue weighted by Crippen LogP contribution is -2.58. The molecule has 0 aromatic rings. The van der Waals surface area contributed by atoms with Crippen molar-refractivity contribution in [1.82, 2.24) is 5.32 Å². The molecular weight excluding hydrogens is 482 g/mol. The van der Waals surface area contributed by atoms with Crippen molar-refractivity contribution >= 4 is 29.8 Å². The lowest BCUT2D eigenvalue weighted by Gasteiger charge is -2.46. The topological polar surface area (TPSA) is 134 Å². The average Bonchev–Trinajstić information content (AvgIpc) is 3.27. The van der Waals surface area contributed by atoms with E-state index in [-0.39, 0.29) is 53.1 Å². The Hall–Kier alpha value is -2.91. The van der Waals surface area contributed by atoms with Gasteiger partial charge in [-0.1, -0.05) is 6.58 Å². The number of carbonyl (C=O) groups is 5. The van der Waals surface area contributed by atoms with Crippen molar-refractivity contribution < 1.29 is 42.9 Å². The molecule has 1 N–H and O–H groups in total. The van der Waals surface area contributed by atoms with Crippen molar-refractivity contribution in [2.75, 3.05) is 0 Å². The van der Waals surface area contributed by atoms with E-state index in [2.05, 4.69) is 11.9 Å². The Morgan fingerprint density at radius 2 is 1.92 bits per heavy atom. The van der Waals surface area contributed by atoms with Crippen molar-refractivity contribution in [1.29, 1.82) is 0 Å². The molecule has 0 aromatic carbocycles. The monoisotopic (exact) mass is 511 g/mol. The van der Waals surface area contributed by atoms with Gasteiger partial charge >= 0.3 is 23.9 Å². The van der Waals surface area contributed by atoms with Crippen LogP contribution in [0.4, 0.5) is 0 Å². The highest BCUT2D eigenvalue weighted by Crippen LogP contribution is 2.82. The standard InChI is InChI=1S/C27H29NO9/c1-3-16(29)34-9(2)23(31)37-21-20-19-18(25(33)36-20)17(13-8-27(13,19)21)24(32)35-14-6-15-26-7-10(4-11(14)26)5-12(26)22(30)28-15/h3,9-15,17-21H,1,4-8H2,2H3,(H,28,30)/t9?,10?,11?,12?,13?,14?,15?,17?,18?,19?,20?,21?,26-,27?/m1/s1. The molecule has 6 saturated carbocycles. The molecule has 8 aliphatic rings. The zero-order chi connectivity index (χ0) is 25.6. The Kier molecular flexibility index (Phi) is 4.03. The summed E-state index contributed by atoms with van der Waals surface area (Å²) in [4.78, 5) is 63.1. The number of hydrogen-bond donors (Lipinski definition) is 1. The van der Waals surface area contributed by atoms with Gasteiger partial charge in [0.15, 0.2) is 6.10 Å². The Morgan fingerprint density at radius 3 is 2.70 bits per heavy atom. The maximum Gasteiger partial charge on any atom is 0.347 e. The van der Waals surface area contributed by atoms with E-state index in [4.69, 9.17) is 18.9 Å². The van der Waals surface area contributed by atoms with Gasteiger partial charge in [-0.05, 0) is 44.4 Å². The molecule has 10 nitrogen and oxygen atoms in total. The van der Waals surface area contributed by atoms with Crippen molar-refractivity contribution in [3.8, 4) is 0 Å². The van der Waals surface area contributed by atoms with Crippen LogP contribution in [0, 0.1) is 52.3 Å². The van der Waals surface area contributed by atoms with Gasteiger partial charge in [-0.2, -0.15) is 0 Å². The smallest absolute Gasteiger partial charge is 0.347 e. The van der Waals surface area contributed by atoms with Gasteiger partial charge in [0.2, 0.25) is 5.91 Å². The molecule has 13 unspecified atom stereocenters. The first-order valence-electron chi connectivity index (χ1n) is 13.5. The zero-order valence-electron chi connectivity index (χ0n) is 20.4. The van der Waals surface area contributed by atoms with Crippen LogP contribution in [-0.4, -0.2) is 60.2 Å². The third kappa shape index (κ3) is 2.41. The number of carbonyl (C=O) groups excluding carboxylic acids is 5. The van der Waals surface area contributed by atoms with E-state index in [9.17, 15) is 24.0 Å². The zero-order valence-corrected chi connectivity index (χ0v) is 20.4. The minimum absolute atomic E-state index is 0.0353. The fourth-order valence-electron chi connectivity index (χ4n) is 10.4. The van der Waals surface area contributed by atoms with Crippen molar-refractivity contribution in [3.63, 3.8) is 0 Å². The molecule has 8 rings (SSSR count). The van der Waals surface area contributed by atoms with Crippen LogP contribution in [0.3, 0.4) is 0 Å². The van der Waals surface area contributed by atoms with Crippen molar-refractivity contribution in [2.45, 2.75) is 69.5 Å². The summed E-state index contributed by atoms with van der Waals surface area (Å²) in [6, 6.07) is 0.0640. The Morgan fingerprint density at radius 1 is 1.11 bits per heavy atom. The van der Waals surface area contributed by atoms with Gasteiger partial charge in [0.05, 0.1) is 11.8 Å². The molecule has 10 heteroatoms. The van der Waals surface area contributed by atoms with Gasteiger partial charge in [-0.3, -0.25) is 14.4 Å². The van der Waals surface area contributed by atoms with Crippen LogP contribution < -0.4 is 5.32 Å². The summed E-state index contributed by atoms with van der Waals surface area (Å²) < 4.78 is 22.5. The predicted molar refractivity (Wildman–Crippen MR) is 120 cm³/mol. The highest BCUT2D eigenvalue weighted by atomic mass is 16.6. The molecule has 1 amide bonds. The summed E-state index contributed by atoms with van der Waals surface area (Å²) in [7, 11) is 0. The second kappa shape index (κ2) is 6.74. The molecule has 0 aromatic heterocycles. The van der Waals surface area contributed by atoms with Crippen LogP contribution >= 0.6 is 0 Å². The van der Waals surface area contributed by atoms with Gasteiger partial charge in [0.1, 0.15) is 18.3 Å². The molecule has 196 valence electrons. The predicted octanol–water partition coefficient (Wildman–Crippen LogP) is 0.670. The third-order valence-corrected chi connectivity index (χ3v) is 11.5. The molecule has 14 atom stereocenters. The highest BCUT2D eigenvalue weighted by Gasteiger charge is 2.90. The fraction of sp³-hybridized carbons (Fsp3) is 0.741. The lowest BCUT2D eigenvalue weighted by atomic mass is 9.63. The SMILES string of the molecule is C=CC(=O)OC(C)C(=O)OC1C2OC(=O)C3C(C(=O)OC4CC5NC(=O)C6CC7CC4[C@@]56C7)C4CC41C23. The molecule has 37 heavy (non-hydrogen) atoms. The van der Waals surface area contributed by atoms with E-state index >= 15 is 0 Å². The molecule has 8 fully saturated rings. The Labute approximate surface area is 212 Å². The van der Waals surface area contributed by atoms with Gasteiger partial charge in [0.25, 0.3) is 0 Å². The summed E-state index contributed by atoms with van der Waals surface area (Å²) in [5.74, 6) is -2.78. The summed E-state index contributed by atoms with van der Waals surface area (Å²) in [6.07, 6.45) is 2.61. The first kappa shape index (κ1) is 22.1. The normalized spacial score (nSPS) is 52.7. The number of amides is 1. The van der Waals surface area contributed by atoms with Gasteiger partial charge in [-0.15, -0.1) is 0 Å². The first-order chi connectivity index (χ1) is 17.7. The van der Waals surface area contributed by atoms with E-state index in [1.165, 1.54) is 6.92 Å². The lowest BCUT2D eigenvalue weighted by molar-refractivity contribution is -0.205. The maximum absolute atomic E-state index is 13.6. The van der Waals surface area contributed by atoms with Crippen LogP contribution in [-0.2, 0) is 42.9 Å². The Balaban J connectivity index is 0.992. The number of esters is 4. The first-order valence-corrected chi connectivity index (χ1v) is 13.5. The van der Waals surface area contributed by atoms with Crippen LogP contribution in [0.15, 0.2) is 12.7 Å². The second-order valence-electron chi connectivity index (χ2n) is 12.6. The molecule has 6 aliphatic carbocycles. The minimum Gasteiger partial charge on any atom is -0.462 e. The van der Waals surface area contributed by atoms with E-state index in [1.54, 1.807) is 0 Å².